The van der Waals surface area contributed by atoms with Crippen LogP contribution >= 0.6 is 11.6 Å². The van der Waals surface area contributed by atoms with Crippen LogP contribution in [0.3, 0.4) is 0 Å². The number of carbonyl (C=O) groups excluding carboxylic acids is 1. The van der Waals surface area contributed by atoms with Crippen molar-refractivity contribution in [1.29, 1.82) is 5.26 Å². The van der Waals surface area contributed by atoms with E-state index in [0.29, 0.717) is 22.2 Å². The van der Waals surface area contributed by atoms with Crippen LogP contribution in [0.4, 0.5) is 0 Å². The molecule has 0 fully saturated rings. The maximum absolute atomic E-state index is 11.2. The molecule has 6 nitrogen and oxygen atoms in total. The first-order chi connectivity index (χ1) is 12.1. The molecular weight excluding hydrogens is 340 g/mol. The lowest BCUT2D eigenvalue weighted by molar-refractivity contribution is 0.0990. The van der Waals surface area contributed by atoms with Crippen LogP contribution in [-0.4, -0.2) is 15.9 Å². The molecule has 2 N–H and O–H groups in total. The summed E-state index contributed by atoms with van der Waals surface area (Å²) in [6.07, 6.45) is 1.47. The van der Waals surface area contributed by atoms with Crippen molar-refractivity contribution in [3.8, 4) is 28.8 Å². The molecule has 122 valence electrons. The molecule has 0 radical (unpaired) electrons. The number of amides is 1. The van der Waals surface area contributed by atoms with Crippen LogP contribution in [0.2, 0.25) is 5.02 Å². The second-order valence-electron chi connectivity index (χ2n) is 4.98. The normalized spacial score (nSPS) is 10.1. The van der Waals surface area contributed by atoms with E-state index in [-0.39, 0.29) is 11.4 Å². The zero-order valence-electron chi connectivity index (χ0n) is 12.8. The van der Waals surface area contributed by atoms with Crippen LogP contribution in [0.5, 0.6) is 11.5 Å². The number of hydrogen-bond acceptors (Lipinski definition) is 5. The fourth-order valence-corrected chi connectivity index (χ4v) is 2.36. The zero-order valence-corrected chi connectivity index (χ0v) is 13.6. The second kappa shape index (κ2) is 6.99. The fourth-order valence-electron chi connectivity index (χ4n) is 2.16. The molecule has 7 heteroatoms. The maximum Gasteiger partial charge on any atom is 0.286 e. The molecule has 25 heavy (non-hydrogen) atoms. The Kier molecular flexibility index (Phi) is 4.59. The number of primary amides is 1. The van der Waals surface area contributed by atoms with Crippen molar-refractivity contribution < 1.29 is 9.53 Å². The Morgan fingerprint density at radius 2 is 1.92 bits per heavy atom. The second-order valence-corrected chi connectivity index (χ2v) is 5.39. The van der Waals surface area contributed by atoms with Gasteiger partial charge in [-0.05, 0) is 42.5 Å². The van der Waals surface area contributed by atoms with Gasteiger partial charge in [0.15, 0.2) is 0 Å². The van der Waals surface area contributed by atoms with Crippen molar-refractivity contribution in [2.45, 2.75) is 0 Å². The predicted octanol–water partition coefficient (Wildman–Crippen LogP) is 3.56. The van der Waals surface area contributed by atoms with Gasteiger partial charge in [0.2, 0.25) is 5.82 Å². The first kappa shape index (κ1) is 16.4. The molecule has 0 saturated carbocycles. The van der Waals surface area contributed by atoms with E-state index >= 15 is 0 Å². The summed E-state index contributed by atoms with van der Waals surface area (Å²) in [6, 6.07) is 15.7. The Labute approximate surface area is 148 Å². The van der Waals surface area contributed by atoms with Gasteiger partial charge in [0.1, 0.15) is 23.1 Å². The van der Waals surface area contributed by atoms with Crippen molar-refractivity contribution in [2.75, 3.05) is 0 Å². The number of nitriles is 1. The van der Waals surface area contributed by atoms with Gasteiger partial charge in [-0.3, -0.25) is 4.79 Å². The summed E-state index contributed by atoms with van der Waals surface area (Å²) in [5.74, 6) is 0.176. The van der Waals surface area contributed by atoms with Gasteiger partial charge in [0.05, 0.1) is 10.7 Å². The lowest BCUT2D eigenvalue weighted by Crippen LogP contribution is -2.15. The van der Waals surface area contributed by atoms with Gasteiger partial charge in [0, 0.05) is 11.8 Å². The summed E-state index contributed by atoms with van der Waals surface area (Å²) in [5, 5.41) is 9.50. The van der Waals surface area contributed by atoms with Crippen molar-refractivity contribution in [2.24, 2.45) is 5.73 Å². The van der Waals surface area contributed by atoms with E-state index in [1.807, 2.05) is 6.07 Å². The molecule has 0 saturated heterocycles. The van der Waals surface area contributed by atoms with Gasteiger partial charge in [-0.25, -0.2) is 9.97 Å². The number of carbonyl (C=O) groups is 1. The van der Waals surface area contributed by atoms with Crippen molar-refractivity contribution in [3.05, 3.63) is 71.1 Å². The van der Waals surface area contributed by atoms with Crippen molar-refractivity contribution in [1.82, 2.24) is 9.97 Å². The van der Waals surface area contributed by atoms with E-state index in [9.17, 15) is 10.1 Å². The van der Waals surface area contributed by atoms with E-state index in [1.165, 1.54) is 6.20 Å². The van der Waals surface area contributed by atoms with Gasteiger partial charge in [0.25, 0.3) is 5.91 Å². The van der Waals surface area contributed by atoms with Crippen molar-refractivity contribution in [3.63, 3.8) is 0 Å². The molecule has 0 spiro atoms. The Morgan fingerprint density at radius 1 is 1.16 bits per heavy atom. The molecule has 0 aliphatic carbocycles. The van der Waals surface area contributed by atoms with Crippen LogP contribution in [-0.2, 0) is 0 Å². The average Bonchev–Trinajstić information content (AvgIpc) is 2.63. The smallest absolute Gasteiger partial charge is 0.286 e. The van der Waals surface area contributed by atoms with E-state index in [0.717, 1.165) is 5.56 Å². The highest BCUT2D eigenvalue weighted by atomic mass is 35.5. The number of aromatic nitrogens is 2. The quantitative estimate of drug-likeness (QED) is 0.775. The van der Waals surface area contributed by atoms with Gasteiger partial charge in [-0.1, -0.05) is 17.7 Å². The van der Waals surface area contributed by atoms with Crippen LogP contribution < -0.4 is 10.5 Å². The first-order valence-corrected chi connectivity index (χ1v) is 7.56. The molecule has 0 aliphatic rings. The van der Waals surface area contributed by atoms with E-state index < -0.39 is 5.91 Å². The van der Waals surface area contributed by atoms with Crippen LogP contribution in [0.1, 0.15) is 16.2 Å². The molecule has 1 aromatic heterocycles. The van der Waals surface area contributed by atoms with Crippen LogP contribution in [0.15, 0.2) is 54.7 Å². The number of ether oxygens (including phenoxy) is 1. The Balaban J connectivity index is 1.86. The summed E-state index contributed by atoms with van der Waals surface area (Å²) in [4.78, 5) is 19.1. The minimum atomic E-state index is -0.688. The molecule has 3 rings (SSSR count). The molecule has 3 aromatic rings. The number of benzene rings is 2. The molecular formula is C18H11ClN4O2. The molecule has 1 amide bonds. The third kappa shape index (κ3) is 3.57. The highest BCUT2D eigenvalue weighted by molar-refractivity contribution is 6.31. The number of rotatable bonds is 4. The molecule has 0 bridgehead atoms. The zero-order chi connectivity index (χ0) is 17.8. The Morgan fingerprint density at radius 3 is 2.60 bits per heavy atom. The number of hydrogen-bond donors (Lipinski definition) is 1. The largest absolute Gasteiger partial charge is 0.456 e. The lowest BCUT2D eigenvalue weighted by atomic mass is 10.1. The number of halogens is 1. The lowest BCUT2D eigenvalue weighted by Gasteiger charge is -2.09. The molecule has 1 heterocycles. The molecule has 2 aromatic carbocycles. The minimum absolute atomic E-state index is 0.0459. The topological polar surface area (TPSA) is 102 Å². The fraction of sp³-hybridized carbons (Fsp3) is 0. The highest BCUT2D eigenvalue weighted by Crippen LogP contribution is 2.30. The standard InChI is InChI=1S/C18H11ClN4O2/c19-14-2-1-3-16(13(14)10-20)25-12-6-4-11(5-7-12)15-8-9-22-18(23-15)17(21)24/h1-9H,(H2,21,24). The molecule has 0 atom stereocenters. The molecule has 0 aliphatic heterocycles. The van der Waals surface area contributed by atoms with Gasteiger partial charge >= 0.3 is 0 Å². The monoisotopic (exact) mass is 350 g/mol. The third-order valence-electron chi connectivity index (χ3n) is 3.34. The maximum atomic E-state index is 11.2. The number of nitrogens with zero attached hydrogens (tertiary/aromatic N) is 3. The first-order valence-electron chi connectivity index (χ1n) is 7.18. The Hall–Kier alpha value is -3.43. The minimum Gasteiger partial charge on any atom is -0.456 e. The van der Waals surface area contributed by atoms with Crippen molar-refractivity contribution >= 4 is 17.5 Å². The van der Waals surface area contributed by atoms with Gasteiger partial charge < -0.3 is 10.5 Å². The summed E-state index contributed by atoms with van der Waals surface area (Å²) in [5.41, 5.74) is 6.80. The summed E-state index contributed by atoms with van der Waals surface area (Å²) >= 11 is 5.99. The SMILES string of the molecule is N#Cc1c(Cl)cccc1Oc1ccc(-c2ccnc(C(N)=O)n2)cc1. The summed E-state index contributed by atoms with van der Waals surface area (Å²) < 4.78 is 5.72. The third-order valence-corrected chi connectivity index (χ3v) is 3.66. The highest BCUT2D eigenvalue weighted by Gasteiger charge is 2.10. The molecule has 0 unspecified atom stereocenters. The predicted molar refractivity (Wildman–Crippen MR) is 92.2 cm³/mol. The summed E-state index contributed by atoms with van der Waals surface area (Å²) in [6.45, 7) is 0. The van der Waals surface area contributed by atoms with Crippen LogP contribution in [0, 0.1) is 11.3 Å². The van der Waals surface area contributed by atoms with Gasteiger partial charge in [-0.15, -0.1) is 0 Å². The number of nitrogens with two attached hydrogens (primary N) is 1. The van der Waals surface area contributed by atoms with E-state index in [2.05, 4.69) is 9.97 Å². The Bertz CT molecular complexity index is 981. The van der Waals surface area contributed by atoms with E-state index in [4.69, 9.17) is 22.1 Å². The van der Waals surface area contributed by atoms with E-state index in [1.54, 1.807) is 48.5 Å². The van der Waals surface area contributed by atoms with Gasteiger partial charge in [-0.2, -0.15) is 5.26 Å². The summed E-state index contributed by atoms with van der Waals surface area (Å²) in [7, 11) is 0. The van der Waals surface area contributed by atoms with Crippen LogP contribution in [0.25, 0.3) is 11.3 Å². The average molecular weight is 351 g/mol.